The first-order valence-electron chi connectivity index (χ1n) is 10.3. The van der Waals surface area contributed by atoms with E-state index in [0.717, 1.165) is 40.4 Å². The third-order valence-corrected chi connectivity index (χ3v) is 6.03. The van der Waals surface area contributed by atoms with Gasteiger partial charge in [0.05, 0.1) is 24.5 Å². The van der Waals surface area contributed by atoms with Crippen LogP contribution in [0.15, 0.2) is 90.1 Å². The van der Waals surface area contributed by atoms with Gasteiger partial charge >= 0.3 is 0 Å². The number of hydrogen-bond acceptors (Lipinski definition) is 4. The number of ketones is 1. The fourth-order valence-electron chi connectivity index (χ4n) is 4.50. The van der Waals surface area contributed by atoms with Crippen molar-refractivity contribution >= 4 is 29.6 Å². The summed E-state index contributed by atoms with van der Waals surface area (Å²) in [6, 6.07) is 26.3. The van der Waals surface area contributed by atoms with Crippen LogP contribution in [-0.2, 0) is 4.79 Å². The van der Waals surface area contributed by atoms with Crippen LogP contribution in [0.4, 0.5) is 11.4 Å². The lowest BCUT2D eigenvalue weighted by Gasteiger charge is -2.30. The van der Waals surface area contributed by atoms with Crippen molar-refractivity contribution in [3.05, 3.63) is 101 Å². The Hall–Kier alpha value is -3.24. The Morgan fingerprint density at radius 1 is 0.806 bits per heavy atom. The first-order valence-corrected chi connectivity index (χ1v) is 10.3. The van der Waals surface area contributed by atoms with Crippen molar-refractivity contribution in [1.82, 2.24) is 0 Å². The van der Waals surface area contributed by atoms with Crippen LogP contribution < -0.4 is 15.4 Å². The lowest BCUT2D eigenvalue weighted by atomic mass is 9.78. The molecule has 5 rings (SSSR count). The standard InChI is InChI=1S/C26H24N2O2.ClH/c1-30-20-13-11-17(12-14-20)19-15-23-25(24(29)16-19)26(18-7-3-2-4-8-18)28-22-10-6-5-9-21(22)27-23;/h2-14,19,26-28H,15-16H2,1H3;1H. The van der Waals surface area contributed by atoms with Gasteiger partial charge in [-0.3, -0.25) is 4.79 Å². The van der Waals surface area contributed by atoms with E-state index in [1.165, 1.54) is 5.56 Å². The number of Topliss-reactive ketones (excluding diaryl/α,β-unsaturated/α-hetero) is 1. The van der Waals surface area contributed by atoms with Crippen LogP contribution in [0.5, 0.6) is 5.75 Å². The smallest absolute Gasteiger partial charge is 0.163 e. The van der Waals surface area contributed by atoms with E-state index < -0.39 is 0 Å². The summed E-state index contributed by atoms with van der Waals surface area (Å²) < 4.78 is 5.29. The first-order chi connectivity index (χ1) is 14.7. The normalized spacial score (nSPS) is 19.7. The molecule has 0 fully saturated rings. The van der Waals surface area contributed by atoms with E-state index in [1.54, 1.807) is 7.11 Å². The first kappa shape index (κ1) is 21.0. The number of rotatable bonds is 3. The predicted molar refractivity (Wildman–Crippen MR) is 127 cm³/mol. The summed E-state index contributed by atoms with van der Waals surface area (Å²) in [6.07, 6.45) is 1.31. The maximum Gasteiger partial charge on any atom is 0.163 e. The molecule has 0 saturated carbocycles. The zero-order chi connectivity index (χ0) is 20.5. The molecule has 4 nitrogen and oxygen atoms in total. The molecule has 2 aliphatic rings. The summed E-state index contributed by atoms with van der Waals surface area (Å²) >= 11 is 0. The monoisotopic (exact) mass is 432 g/mol. The number of halogens is 1. The van der Waals surface area contributed by atoms with Crippen LogP contribution in [0.25, 0.3) is 0 Å². The molecule has 2 atom stereocenters. The summed E-state index contributed by atoms with van der Waals surface area (Å²) in [5, 5.41) is 7.20. The van der Waals surface area contributed by atoms with Gasteiger partial charge in [-0.1, -0.05) is 54.6 Å². The van der Waals surface area contributed by atoms with Crippen LogP contribution >= 0.6 is 12.4 Å². The Balaban J connectivity index is 0.00000231. The second-order valence-corrected chi connectivity index (χ2v) is 7.85. The quantitative estimate of drug-likeness (QED) is 0.525. The Morgan fingerprint density at radius 3 is 2.19 bits per heavy atom. The Labute approximate surface area is 188 Å². The average Bonchev–Trinajstić information content (AvgIpc) is 2.96. The molecular weight excluding hydrogens is 408 g/mol. The summed E-state index contributed by atoms with van der Waals surface area (Å²) in [7, 11) is 1.67. The number of anilines is 2. The Morgan fingerprint density at radius 2 is 1.48 bits per heavy atom. The molecule has 0 amide bonds. The van der Waals surface area contributed by atoms with Gasteiger partial charge in [0, 0.05) is 17.7 Å². The fraction of sp³-hybridized carbons (Fsp3) is 0.192. The van der Waals surface area contributed by atoms with Gasteiger partial charge < -0.3 is 15.4 Å². The van der Waals surface area contributed by atoms with E-state index in [2.05, 4.69) is 47.0 Å². The second kappa shape index (κ2) is 8.86. The third kappa shape index (κ3) is 4.04. The van der Waals surface area contributed by atoms with Gasteiger partial charge in [-0.2, -0.15) is 0 Å². The molecule has 3 aromatic carbocycles. The molecule has 0 bridgehead atoms. The van der Waals surface area contributed by atoms with Crippen molar-refractivity contribution in [1.29, 1.82) is 0 Å². The van der Waals surface area contributed by atoms with Gasteiger partial charge in [0.15, 0.2) is 5.78 Å². The third-order valence-electron chi connectivity index (χ3n) is 6.03. The highest BCUT2D eigenvalue weighted by Gasteiger charge is 2.35. The average molecular weight is 433 g/mol. The van der Waals surface area contributed by atoms with Gasteiger partial charge in [0.2, 0.25) is 0 Å². The van der Waals surface area contributed by atoms with Crippen LogP contribution in [0.3, 0.4) is 0 Å². The van der Waals surface area contributed by atoms with Crippen LogP contribution in [0.1, 0.15) is 35.9 Å². The van der Waals surface area contributed by atoms with E-state index in [9.17, 15) is 4.79 Å². The number of nitrogens with one attached hydrogen (secondary N) is 2. The number of carbonyl (C=O) groups is 1. The molecule has 0 radical (unpaired) electrons. The van der Waals surface area contributed by atoms with E-state index in [0.29, 0.717) is 6.42 Å². The van der Waals surface area contributed by atoms with Crippen LogP contribution in [0.2, 0.25) is 0 Å². The Bertz CT molecular complexity index is 1110. The van der Waals surface area contributed by atoms with Crippen molar-refractivity contribution in [2.45, 2.75) is 24.8 Å². The van der Waals surface area contributed by atoms with Gasteiger partial charge in [-0.25, -0.2) is 0 Å². The van der Waals surface area contributed by atoms with Crippen molar-refractivity contribution in [2.75, 3.05) is 17.7 Å². The highest BCUT2D eigenvalue weighted by atomic mass is 35.5. The van der Waals surface area contributed by atoms with Crippen molar-refractivity contribution < 1.29 is 9.53 Å². The lowest BCUT2D eigenvalue weighted by Crippen LogP contribution is -2.26. The maximum atomic E-state index is 13.5. The van der Waals surface area contributed by atoms with Gasteiger partial charge in [0.1, 0.15) is 5.75 Å². The number of methoxy groups -OCH3 is 1. The number of allylic oxidation sites excluding steroid dienone is 1. The van der Waals surface area contributed by atoms with Crippen molar-refractivity contribution in [2.24, 2.45) is 0 Å². The summed E-state index contributed by atoms with van der Waals surface area (Å²) in [6.45, 7) is 0. The highest BCUT2D eigenvalue weighted by Crippen LogP contribution is 2.44. The number of fused-ring (bicyclic) bond motifs is 1. The van der Waals surface area contributed by atoms with E-state index in [4.69, 9.17) is 4.74 Å². The molecule has 5 heteroatoms. The minimum absolute atomic E-state index is 0. The van der Waals surface area contributed by atoms with Crippen molar-refractivity contribution in [3.8, 4) is 5.75 Å². The van der Waals surface area contributed by atoms with Crippen LogP contribution in [-0.4, -0.2) is 12.9 Å². The lowest BCUT2D eigenvalue weighted by molar-refractivity contribution is -0.116. The maximum absolute atomic E-state index is 13.5. The molecule has 3 aromatic rings. The molecule has 31 heavy (non-hydrogen) atoms. The predicted octanol–water partition coefficient (Wildman–Crippen LogP) is 6.10. The molecule has 1 aliphatic carbocycles. The molecule has 0 aromatic heterocycles. The number of para-hydroxylation sites is 2. The number of benzene rings is 3. The fourth-order valence-corrected chi connectivity index (χ4v) is 4.50. The molecule has 2 N–H and O–H groups in total. The molecule has 158 valence electrons. The van der Waals surface area contributed by atoms with E-state index >= 15 is 0 Å². The van der Waals surface area contributed by atoms with Gasteiger partial charge in [-0.05, 0) is 47.7 Å². The minimum atomic E-state index is -0.165. The van der Waals surface area contributed by atoms with E-state index in [-0.39, 0.29) is 30.2 Å². The second-order valence-electron chi connectivity index (χ2n) is 7.85. The van der Waals surface area contributed by atoms with Crippen molar-refractivity contribution in [3.63, 3.8) is 0 Å². The SMILES string of the molecule is COc1ccc(C2CC(=O)C3=C(C2)Nc2ccccc2NC3c2ccccc2)cc1.Cl. The largest absolute Gasteiger partial charge is 0.497 e. The summed E-state index contributed by atoms with van der Waals surface area (Å²) in [5.74, 6) is 1.17. The molecule has 0 saturated heterocycles. The Kier molecular flexibility index (Phi) is 6.01. The number of hydrogen-bond donors (Lipinski definition) is 2. The summed E-state index contributed by atoms with van der Waals surface area (Å²) in [4.78, 5) is 13.5. The number of ether oxygens (including phenoxy) is 1. The highest BCUT2D eigenvalue weighted by molar-refractivity contribution is 6.01. The topological polar surface area (TPSA) is 50.4 Å². The molecule has 1 aliphatic heterocycles. The molecular formula is C26H25ClN2O2. The van der Waals surface area contributed by atoms with E-state index in [1.807, 2.05) is 42.5 Å². The molecule has 1 heterocycles. The number of carbonyl (C=O) groups excluding carboxylic acids is 1. The van der Waals surface area contributed by atoms with Crippen LogP contribution in [0, 0.1) is 0 Å². The zero-order valence-corrected chi connectivity index (χ0v) is 18.1. The minimum Gasteiger partial charge on any atom is -0.497 e. The van der Waals surface area contributed by atoms with Gasteiger partial charge in [-0.15, -0.1) is 12.4 Å². The molecule has 2 unspecified atom stereocenters. The molecule has 0 spiro atoms. The zero-order valence-electron chi connectivity index (χ0n) is 17.3. The summed E-state index contributed by atoms with van der Waals surface area (Å²) in [5.41, 5.74) is 6.14. The van der Waals surface area contributed by atoms with Gasteiger partial charge in [0.25, 0.3) is 0 Å².